The molecule has 0 aromatic carbocycles. The Labute approximate surface area is 209 Å². The maximum Gasteiger partial charge on any atom is 0.498 e. The topological polar surface area (TPSA) is 115 Å². The summed E-state index contributed by atoms with van der Waals surface area (Å²) in [7, 11) is -0.491. The van der Waals surface area contributed by atoms with Gasteiger partial charge in [0.1, 0.15) is 11.6 Å². The van der Waals surface area contributed by atoms with Gasteiger partial charge in [-0.3, -0.25) is 4.79 Å². The van der Waals surface area contributed by atoms with Crippen LogP contribution in [-0.2, 0) is 18.8 Å². The molecular weight excluding hydrogens is 449 g/mol. The zero-order chi connectivity index (χ0) is 26.0. The number of carbonyl (C=O) groups excluding carboxylic acids is 2. The summed E-state index contributed by atoms with van der Waals surface area (Å²) in [4.78, 5) is 35.6. The number of aromatic nitrogens is 2. The minimum absolute atomic E-state index is 0.240. The van der Waals surface area contributed by atoms with Crippen molar-refractivity contribution in [3.63, 3.8) is 0 Å². The number of hydrogen-bond donors (Lipinski definition) is 2. The van der Waals surface area contributed by atoms with Crippen LogP contribution in [0.25, 0.3) is 0 Å². The van der Waals surface area contributed by atoms with Gasteiger partial charge in [-0.2, -0.15) is 0 Å². The van der Waals surface area contributed by atoms with E-state index in [2.05, 4.69) is 25.5 Å². The summed E-state index contributed by atoms with van der Waals surface area (Å²) < 4.78 is 17.4. The predicted molar refractivity (Wildman–Crippen MR) is 135 cm³/mol. The number of amides is 2. The number of carbonyl (C=O) groups is 2. The number of rotatable bonds is 6. The van der Waals surface area contributed by atoms with Crippen molar-refractivity contribution in [1.29, 1.82) is 0 Å². The lowest BCUT2D eigenvalue weighted by Gasteiger charge is -2.33. The largest absolute Gasteiger partial charge is 0.498 e. The molecule has 35 heavy (non-hydrogen) atoms. The summed E-state index contributed by atoms with van der Waals surface area (Å²) in [5.74, 6) is 0.671. The van der Waals surface area contributed by atoms with E-state index in [1.54, 1.807) is 40.1 Å². The van der Waals surface area contributed by atoms with Crippen molar-refractivity contribution in [2.45, 2.75) is 91.1 Å². The highest BCUT2D eigenvalue weighted by atomic mass is 16.7. The fraction of sp³-hybridized carbons (Fsp3) is 0.750. The molecule has 2 aliphatic heterocycles. The Morgan fingerprint density at radius 2 is 1.80 bits per heavy atom. The van der Waals surface area contributed by atoms with Crippen LogP contribution in [-0.4, -0.2) is 71.6 Å². The SMILES string of the molecule is C[C@H](NC(=O)OC(C)(C)C)C(=O)NC[C@@H]1CCCN(c2ncc(B3OC(C)(C)C(C)(C)O3)cn2)C1. The quantitative estimate of drug-likeness (QED) is 0.584. The number of hydrogen-bond acceptors (Lipinski definition) is 8. The molecule has 0 unspecified atom stereocenters. The number of piperidine rings is 1. The highest BCUT2D eigenvalue weighted by Gasteiger charge is 2.52. The molecule has 0 saturated carbocycles. The van der Waals surface area contributed by atoms with Gasteiger partial charge < -0.3 is 29.6 Å². The Balaban J connectivity index is 1.49. The Morgan fingerprint density at radius 1 is 1.20 bits per heavy atom. The van der Waals surface area contributed by atoms with E-state index in [0.29, 0.717) is 12.5 Å². The zero-order valence-electron chi connectivity index (χ0n) is 22.3. The van der Waals surface area contributed by atoms with E-state index in [9.17, 15) is 9.59 Å². The van der Waals surface area contributed by atoms with Gasteiger partial charge >= 0.3 is 13.2 Å². The van der Waals surface area contributed by atoms with Crippen molar-refractivity contribution in [3.05, 3.63) is 12.4 Å². The third-order valence-electron chi connectivity index (χ3n) is 6.68. The normalized spacial score (nSPS) is 22.5. The first-order valence-electron chi connectivity index (χ1n) is 12.4. The van der Waals surface area contributed by atoms with Gasteiger partial charge in [0, 0.05) is 37.5 Å². The van der Waals surface area contributed by atoms with Crippen molar-refractivity contribution >= 4 is 30.5 Å². The summed E-state index contributed by atoms with van der Waals surface area (Å²) in [5, 5.41) is 5.52. The molecule has 0 spiro atoms. The van der Waals surface area contributed by atoms with E-state index in [1.165, 1.54) is 0 Å². The Morgan fingerprint density at radius 3 is 2.37 bits per heavy atom. The number of nitrogens with one attached hydrogen (secondary N) is 2. The van der Waals surface area contributed by atoms with E-state index < -0.39 is 36.1 Å². The van der Waals surface area contributed by atoms with Gasteiger partial charge in [-0.05, 0) is 74.1 Å². The molecule has 3 heterocycles. The maximum atomic E-state index is 12.4. The second-order valence-electron chi connectivity index (χ2n) is 11.5. The molecule has 11 heteroatoms. The van der Waals surface area contributed by atoms with Crippen LogP contribution >= 0.6 is 0 Å². The molecule has 0 aliphatic carbocycles. The molecule has 0 bridgehead atoms. The molecule has 2 fully saturated rings. The maximum absolute atomic E-state index is 12.4. The van der Waals surface area contributed by atoms with E-state index in [1.807, 2.05) is 27.7 Å². The summed E-state index contributed by atoms with van der Waals surface area (Å²) in [6.07, 6.45) is 4.90. The number of ether oxygens (including phenoxy) is 1. The number of anilines is 1. The lowest BCUT2D eigenvalue weighted by molar-refractivity contribution is -0.123. The van der Waals surface area contributed by atoms with Gasteiger partial charge in [0.15, 0.2) is 0 Å². The molecular formula is C24H40BN5O5. The molecule has 194 valence electrons. The smallest absolute Gasteiger partial charge is 0.444 e. The van der Waals surface area contributed by atoms with Crippen LogP contribution in [0.2, 0.25) is 0 Å². The van der Waals surface area contributed by atoms with Gasteiger partial charge in [-0.1, -0.05) is 0 Å². The lowest BCUT2D eigenvalue weighted by atomic mass is 9.81. The van der Waals surface area contributed by atoms with Crippen molar-refractivity contribution in [3.8, 4) is 0 Å². The molecule has 2 saturated heterocycles. The van der Waals surface area contributed by atoms with Crippen molar-refractivity contribution in [2.75, 3.05) is 24.5 Å². The molecule has 2 aliphatic rings. The Hall–Kier alpha value is -2.40. The Bertz CT molecular complexity index is 887. The first-order valence-corrected chi connectivity index (χ1v) is 12.4. The summed E-state index contributed by atoms with van der Waals surface area (Å²) in [6.45, 7) is 17.2. The standard InChI is InChI=1S/C24H40BN5O5/c1-16(29-21(32)33-22(2,3)4)19(31)26-12-17-10-9-11-30(15-17)20-27-13-18(14-28-20)25-34-23(5,6)24(7,8)35-25/h13-14,16-17H,9-12,15H2,1-8H3,(H,26,31)(H,29,32)/t16-,17-/m0/s1. The lowest BCUT2D eigenvalue weighted by Crippen LogP contribution is -2.49. The minimum atomic E-state index is -0.685. The van der Waals surface area contributed by atoms with Crippen LogP contribution in [0.4, 0.5) is 10.7 Å². The van der Waals surface area contributed by atoms with Gasteiger partial charge in [0.2, 0.25) is 11.9 Å². The number of alkyl carbamates (subject to hydrolysis) is 1. The molecule has 3 rings (SSSR count). The summed E-state index contributed by atoms with van der Waals surface area (Å²) in [5.41, 5.74) is -0.655. The highest BCUT2D eigenvalue weighted by molar-refractivity contribution is 6.61. The van der Waals surface area contributed by atoms with E-state index >= 15 is 0 Å². The predicted octanol–water partition coefficient (Wildman–Crippen LogP) is 2.02. The van der Waals surface area contributed by atoms with Crippen LogP contribution in [0.3, 0.4) is 0 Å². The zero-order valence-corrected chi connectivity index (χ0v) is 22.3. The van der Waals surface area contributed by atoms with Crippen LogP contribution in [0.15, 0.2) is 12.4 Å². The minimum Gasteiger partial charge on any atom is -0.444 e. The number of nitrogens with zero attached hydrogens (tertiary/aromatic N) is 3. The van der Waals surface area contributed by atoms with E-state index in [4.69, 9.17) is 14.0 Å². The van der Waals surface area contributed by atoms with Crippen LogP contribution in [0.5, 0.6) is 0 Å². The van der Waals surface area contributed by atoms with Crippen molar-refractivity contribution in [2.24, 2.45) is 5.92 Å². The van der Waals surface area contributed by atoms with Crippen molar-refractivity contribution in [1.82, 2.24) is 20.6 Å². The van der Waals surface area contributed by atoms with Gasteiger partial charge in [0.05, 0.1) is 11.2 Å². The summed E-state index contributed by atoms with van der Waals surface area (Å²) >= 11 is 0. The molecule has 1 aromatic heterocycles. The second-order valence-corrected chi connectivity index (χ2v) is 11.5. The molecule has 1 aromatic rings. The van der Waals surface area contributed by atoms with Crippen LogP contribution < -0.4 is 21.0 Å². The van der Waals surface area contributed by atoms with E-state index in [-0.39, 0.29) is 11.8 Å². The monoisotopic (exact) mass is 489 g/mol. The van der Waals surface area contributed by atoms with E-state index in [0.717, 1.165) is 31.4 Å². The highest BCUT2D eigenvalue weighted by Crippen LogP contribution is 2.36. The molecule has 10 nitrogen and oxygen atoms in total. The fourth-order valence-electron chi connectivity index (χ4n) is 3.96. The molecule has 2 N–H and O–H groups in total. The average Bonchev–Trinajstić information content (AvgIpc) is 2.98. The average molecular weight is 489 g/mol. The first kappa shape index (κ1) is 27.2. The summed E-state index contributed by atoms with van der Waals surface area (Å²) in [6, 6.07) is -0.685. The molecule has 2 amide bonds. The third kappa shape index (κ3) is 7.07. The second kappa shape index (κ2) is 10.3. The Kier molecular flexibility index (Phi) is 8.01. The van der Waals surface area contributed by atoms with Crippen LogP contribution in [0, 0.1) is 5.92 Å². The fourth-order valence-corrected chi connectivity index (χ4v) is 3.96. The van der Waals surface area contributed by atoms with Gasteiger partial charge in [-0.25, -0.2) is 14.8 Å². The van der Waals surface area contributed by atoms with Gasteiger partial charge in [-0.15, -0.1) is 0 Å². The molecule has 2 atom stereocenters. The molecule has 0 radical (unpaired) electrons. The third-order valence-corrected chi connectivity index (χ3v) is 6.68. The van der Waals surface area contributed by atoms with Gasteiger partial charge in [0.25, 0.3) is 0 Å². The first-order chi connectivity index (χ1) is 16.2. The van der Waals surface area contributed by atoms with Crippen molar-refractivity contribution < 1.29 is 23.6 Å². The van der Waals surface area contributed by atoms with Crippen LogP contribution in [0.1, 0.15) is 68.2 Å².